The van der Waals surface area contributed by atoms with Crippen LogP contribution >= 0.6 is 0 Å². The van der Waals surface area contributed by atoms with Gasteiger partial charge in [0.15, 0.2) is 0 Å². The molecule has 17 heavy (non-hydrogen) atoms. The van der Waals surface area contributed by atoms with Gasteiger partial charge in [0, 0.05) is 25.0 Å². The molecule has 0 radical (unpaired) electrons. The quantitative estimate of drug-likeness (QED) is 0.642. The average molecular weight is 236 g/mol. The Morgan fingerprint density at radius 3 is 1.88 bits per heavy atom. The Morgan fingerprint density at radius 1 is 1.00 bits per heavy atom. The Bertz CT molecular complexity index is 389. The van der Waals surface area contributed by atoms with Gasteiger partial charge in [-0.25, -0.2) is 9.59 Å². The van der Waals surface area contributed by atoms with Crippen LogP contribution in [-0.2, 0) is 0 Å². The van der Waals surface area contributed by atoms with Gasteiger partial charge in [-0.05, 0) is 31.2 Å². The molecule has 1 aromatic rings. The molecule has 0 saturated carbocycles. The number of carbonyl (C=O) groups excluding carboxylic acids is 2. The molecule has 0 atom stereocenters. The molecule has 1 rings (SSSR count). The average Bonchev–Trinajstić information content (AvgIpc) is 2.32. The number of hydrogen-bond donors (Lipinski definition) is 4. The molecule has 0 bridgehead atoms. The van der Waals surface area contributed by atoms with E-state index in [0.29, 0.717) is 17.9 Å². The molecule has 92 valence electrons. The number of urea groups is 2. The van der Waals surface area contributed by atoms with Crippen LogP contribution in [0.1, 0.15) is 6.92 Å². The molecule has 4 amide bonds. The van der Waals surface area contributed by atoms with Gasteiger partial charge < -0.3 is 21.3 Å². The van der Waals surface area contributed by atoms with Gasteiger partial charge in [0.25, 0.3) is 0 Å². The van der Waals surface area contributed by atoms with Crippen molar-refractivity contribution in [3.05, 3.63) is 24.3 Å². The van der Waals surface area contributed by atoms with Gasteiger partial charge in [-0.3, -0.25) is 0 Å². The lowest BCUT2D eigenvalue weighted by atomic mass is 10.3. The van der Waals surface area contributed by atoms with Gasteiger partial charge in [-0.15, -0.1) is 0 Å². The first-order valence-electron chi connectivity index (χ1n) is 5.29. The van der Waals surface area contributed by atoms with Crippen molar-refractivity contribution >= 4 is 23.4 Å². The third-order valence-electron chi connectivity index (χ3n) is 1.97. The van der Waals surface area contributed by atoms with Crippen LogP contribution in [0.5, 0.6) is 0 Å². The lowest BCUT2D eigenvalue weighted by Gasteiger charge is -2.07. The van der Waals surface area contributed by atoms with Crippen LogP contribution in [0.25, 0.3) is 0 Å². The molecule has 0 saturated heterocycles. The van der Waals surface area contributed by atoms with E-state index in [-0.39, 0.29) is 12.1 Å². The first-order chi connectivity index (χ1) is 8.15. The van der Waals surface area contributed by atoms with Crippen molar-refractivity contribution in [1.82, 2.24) is 10.6 Å². The van der Waals surface area contributed by atoms with E-state index in [1.807, 2.05) is 6.92 Å². The van der Waals surface area contributed by atoms with Gasteiger partial charge in [-0.2, -0.15) is 0 Å². The fourth-order valence-corrected chi connectivity index (χ4v) is 1.17. The zero-order valence-corrected chi connectivity index (χ0v) is 9.83. The first kappa shape index (κ1) is 12.8. The maximum atomic E-state index is 11.2. The van der Waals surface area contributed by atoms with Gasteiger partial charge in [0.05, 0.1) is 0 Å². The van der Waals surface area contributed by atoms with E-state index in [9.17, 15) is 9.59 Å². The van der Waals surface area contributed by atoms with Crippen LogP contribution in [0.3, 0.4) is 0 Å². The number of hydrogen-bond acceptors (Lipinski definition) is 2. The highest BCUT2D eigenvalue weighted by atomic mass is 16.2. The summed E-state index contributed by atoms with van der Waals surface area (Å²) in [4.78, 5) is 22.2. The van der Waals surface area contributed by atoms with Crippen molar-refractivity contribution in [1.29, 1.82) is 0 Å². The fourth-order valence-electron chi connectivity index (χ4n) is 1.17. The summed E-state index contributed by atoms with van der Waals surface area (Å²) in [5, 5.41) is 10.3. The van der Waals surface area contributed by atoms with Crippen LogP contribution in [-0.4, -0.2) is 25.7 Å². The number of nitrogens with one attached hydrogen (secondary N) is 4. The summed E-state index contributed by atoms with van der Waals surface area (Å²) in [6, 6.07) is 6.29. The normalized spacial score (nSPS) is 9.29. The van der Waals surface area contributed by atoms with Crippen molar-refractivity contribution in [2.45, 2.75) is 6.92 Å². The SMILES string of the molecule is CCNC(=O)Nc1ccc(NC(=O)NC)cc1. The molecule has 0 aromatic heterocycles. The molecular formula is C11H16N4O2. The van der Waals surface area contributed by atoms with E-state index >= 15 is 0 Å². The van der Waals surface area contributed by atoms with E-state index in [1.165, 1.54) is 0 Å². The minimum Gasteiger partial charge on any atom is -0.341 e. The minimum atomic E-state index is -0.283. The predicted molar refractivity (Wildman–Crippen MR) is 67.2 cm³/mol. The first-order valence-corrected chi connectivity index (χ1v) is 5.29. The Kier molecular flexibility index (Phi) is 4.80. The summed E-state index contributed by atoms with van der Waals surface area (Å²) in [5.41, 5.74) is 1.32. The van der Waals surface area contributed by atoms with Gasteiger partial charge in [0.1, 0.15) is 0 Å². The second-order valence-electron chi connectivity index (χ2n) is 3.27. The second-order valence-corrected chi connectivity index (χ2v) is 3.27. The summed E-state index contributed by atoms with van der Waals surface area (Å²) in [7, 11) is 1.54. The van der Waals surface area contributed by atoms with Crippen LogP contribution < -0.4 is 21.3 Å². The summed E-state index contributed by atoms with van der Waals surface area (Å²) in [6.07, 6.45) is 0. The molecule has 1 aromatic carbocycles. The van der Waals surface area contributed by atoms with Gasteiger partial charge >= 0.3 is 12.1 Å². The van der Waals surface area contributed by atoms with E-state index in [0.717, 1.165) is 0 Å². The fraction of sp³-hybridized carbons (Fsp3) is 0.273. The van der Waals surface area contributed by atoms with Crippen LogP contribution in [0.2, 0.25) is 0 Å². The molecule has 0 unspecified atom stereocenters. The molecule has 4 N–H and O–H groups in total. The molecule has 0 heterocycles. The molecule has 0 fully saturated rings. The molecule has 6 nitrogen and oxygen atoms in total. The molecule has 6 heteroatoms. The van der Waals surface area contributed by atoms with Crippen molar-refractivity contribution < 1.29 is 9.59 Å². The monoisotopic (exact) mass is 236 g/mol. The molecule has 0 spiro atoms. The zero-order valence-electron chi connectivity index (χ0n) is 9.83. The largest absolute Gasteiger partial charge is 0.341 e. The Hall–Kier alpha value is -2.24. The van der Waals surface area contributed by atoms with Gasteiger partial charge in [-0.1, -0.05) is 0 Å². The smallest absolute Gasteiger partial charge is 0.319 e. The highest BCUT2D eigenvalue weighted by molar-refractivity contribution is 5.91. The molecule has 0 aliphatic rings. The number of amides is 4. The van der Waals surface area contributed by atoms with E-state index in [2.05, 4.69) is 21.3 Å². The van der Waals surface area contributed by atoms with Gasteiger partial charge in [0.2, 0.25) is 0 Å². The maximum absolute atomic E-state index is 11.2. The van der Waals surface area contributed by atoms with E-state index in [1.54, 1.807) is 31.3 Å². The highest BCUT2D eigenvalue weighted by Crippen LogP contribution is 2.13. The van der Waals surface area contributed by atoms with E-state index < -0.39 is 0 Å². The topological polar surface area (TPSA) is 82.3 Å². The second kappa shape index (κ2) is 6.37. The third-order valence-corrected chi connectivity index (χ3v) is 1.97. The van der Waals surface area contributed by atoms with Crippen LogP contribution in [0.4, 0.5) is 21.0 Å². The number of benzene rings is 1. The lowest BCUT2D eigenvalue weighted by molar-refractivity contribution is 0.252. The van der Waals surface area contributed by atoms with Crippen LogP contribution in [0, 0.1) is 0 Å². The van der Waals surface area contributed by atoms with Crippen molar-refractivity contribution in [2.75, 3.05) is 24.2 Å². The summed E-state index contributed by atoms with van der Waals surface area (Å²) >= 11 is 0. The van der Waals surface area contributed by atoms with Crippen molar-refractivity contribution in [2.24, 2.45) is 0 Å². The third kappa shape index (κ3) is 4.42. The van der Waals surface area contributed by atoms with Crippen molar-refractivity contribution in [3.63, 3.8) is 0 Å². The van der Waals surface area contributed by atoms with Crippen LogP contribution in [0.15, 0.2) is 24.3 Å². The standard InChI is InChI=1S/C11H16N4O2/c1-3-13-11(17)15-9-6-4-8(5-7-9)14-10(16)12-2/h4-7H,3H2,1-2H3,(H2,12,14,16)(H2,13,15,17). The number of anilines is 2. The summed E-state index contributed by atoms with van der Waals surface area (Å²) in [5.74, 6) is 0. The molecular weight excluding hydrogens is 220 g/mol. The number of carbonyl (C=O) groups is 2. The Morgan fingerprint density at radius 2 is 1.47 bits per heavy atom. The van der Waals surface area contributed by atoms with Crippen molar-refractivity contribution in [3.8, 4) is 0 Å². The van der Waals surface area contributed by atoms with E-state index in [4.69, 9.17) is 0 Å². The number of rotatable bonds is 3. The maximum Gasteiger partial charge on any atom is 0.319 e. The zero-order chi connectivity index (χ0) is 12.7. The summed E-state index contributed by atoms with van der Waals surface area (Å²) in [6.45, 7) is 2.41. The minimum absolute atomic E-state index is 0.250. The predicted octanol–water partition coefficient (Wildman–Crippen LogP) is 1.58. The Balaban J connectivity index is 2.55. The summed E-state index contributed by atoms with van der Waals surface area (Å²) < 4.78 is 0. The highest BCUT2D eigenvalue weighted by Gasteiger charge is 2.01. The molecule has 0 aliphatic carbocycles. The Labute approximate surface area is 99.8 Å². The molecule has 0 aliphatic heterocycles. The lowest BCUT2D eigenvalue weighted by Crippen LogP contribution is -2.28.